The van der Waals surface area contributed by atoms with Crippen LogP contribution < -0.4 is 0 Å². The number of halogens is 1. The molecule has 0 radical (unpaired) electrons. The first-order chi connectivity index (χ1) is 11.1. The molecule has 2 heterocycles. The average Bonchev–Trinajstić information content (AvgIpc) is 2.94. The van der Waals surface area contributed by atoms with E-state index < -0.39 is 6.10 Å². The van der Waals surface area contributed by atoms with E-state index in [-0.39, 0.29) is 5.82 Å². The Bertz CT molecular complexity index is 637. The van der Waals surface area contributed by atoms with Crippen molar-refractivity contribution in [3.8, 4) is 0 Å². The Labute approximate surface area is 135 Å². The highest BCUT2D eigenvalue weighted by Gasteiger charge is 2.20. The van der Waals surface area contributed by atoms with Gasteiger partial charge < -0.3 is 5.11 Å². The number of hydrogen-bond acceptors (Lipinski definition) is 4. The number of aliphatic hydroxyl groups excluding tert-OH is 1. The number of piperazine rings is 1. The van der Waals surface area contributed by atoms with Gasteiger partial charge in [0.15, 0.2) is 0 Å². The van der Waals surface area contributed by atoms with Gasteiger partial charge in [-0.1, -0.05) is 12.1 Å². The normalized spacial score (nSPS) is 18.2. The molecule has 124 valence electrons. The predicted octanol–water partition coefficient (Wildman–Crippen LogP) is 1.41. The van der Waals surface area contributed by atoms with Crippen LogP contribution in [-0.4, -0.2) is 57.4 Å². The van der Waals surface area contributed by atoms with Crippen molar-refractivity contribution < 1.29 is 9.50 Å². The quantitative estimate of drug-likeness (QED) is 0.905. The zero-order valence-electron chi connectivity index (χ0n) is 13.4. The van der Waals surface area contributed by atoms with Crippen molar-refractivity contribution in [3.05, 3.63) is 53.6 Å². The van der Waals surface area contributed by atoms with Gasteiger partial charge in [0.2, 0.25) is 0 Å². The van der Waals surface area contributed by atoms with Crippen molar-refractivity contribution >= 4 is 0 Å². The minimum absolute atomic E-state index is 0.303. The molecule has 0 unspecified atom stereocenters. The lowest BCUT2D eigenvalue weighted by Gasteiger charge is -2.35. The average molecular weight is 318 g/mol. The van der Waals surface area contributed by atoms with Crippen LogP contribution in [0.5, 0.6) is 0 Å². The summed E-state index contributed by atoms with van der Waals surface area (Å²) in [5.74, 6) is -0.303. The molecular formula is C17H23FN4O. The molecule has 0 saturated carbocycles. The zero-order valence-corrected chi connectivity index (χ0v) is 13.4. The van der Waals surface area contributed by atoms with E-state index in [0.29, 0.717) is 12.1 Å². The molecule has 2 aromatic rings. The summed E-state index contributed by atoms with van der Waals surface area (Å²) >= 11 is 0. The fourth-order valence-corrected chi connectivity index (χ4v) is 3.01. The van der Waals surface area contributed by atoms with Gasteiger partial charge in [-0.05, 0) is 17.7 Å². The highest BCUT2D eigenvalue weighted by Crippen LogP contribution is 2.17. The topological polar surface area (TPSA) is 44.5 Å². The molecule has 1 aromatic heterocycles. The number of rotatable bonds is 5. The summed E-state index contributed by atoms with van der Waals surface area (Å²) in [7, 11) is 1.93. The first kappa shape index (κ1) is 16.1. The second-order valence-electron chi connectivity index (χ2n) is 6.17. The minimum atomic E-state index is -0.643. The van der Waals surface area contributed by atoms with Gasteiger partial charge in [-0.2, -0.15) is 5.10 Å². The first-order valence-corrected chi connectivity index (χ1v) is 7.96. The van der Waals surface area contributed by atoms with Gasteiger partial charge in [-0.3, -0.25) is 14.5 Å². The molecule has 0 bridgehead atoms. The molecule has 0 spiro atoms. The second-order valence-corrected chi connectivity index (χ2v) is 6.17. The summed E-state index contributed by atoms with van der Waals surface area (Å²) in [5.41, 5.74) is 1.86. The molecule has 5 nitrogen and oxygen atoms in total. The minimum Gasteiger partial charge on any atom is -0.387 e. The highest BCUT2D eigenvalue weighted by atomic mass is 19.1. The molecule has 3 rings (SSSR count). The van der Waals surface area contributed by atoms with Gasteiger partial charge in [0.05, 0.1) is 12.3 Å². The van der Waals surface area contributed by atoms with Crippen LogP contribution in [0.3, 0.4) is 0 Å². The summed E-state index contributed by atoms with van der Waals surface area (Å²) < 4.78 is 15.0. The van der Waals surface area contributed by atoms with Gasteiger partial charge in [0, 0.05) is 58.1 Å². The fourth-order valence-electron chi connectivity index (χ4n) is 3.01. The van der Waals surface area contributed by atoms with Crippen LogP contribution in [0.4, 0.5) is 4.39 Å². The number of nitrogens with zero attached hydrogens (tertiary/aromatic N) is 4. The van der Waals surface area contributed by atoms with Crippen molar-refractivity contribution in [2.75, 3.05) is 32.7 Å². The molecule has 1 aliphatic heterocycles. The summed E-state index contributed by atoms with van der Waals surface area (Å²) in [6, 6.07) is 6.21. The first-order valence-electron chi connectivity index (χ1n) is 7.96. The van der Waals surface area contributed by atoms with E-state index in [2.05, 4.69) is 14.9 Å². The lowest BCUT2D eigenvalue weighted by molar-refractivity contribution is 0.0699. The summed E-state index contributed by atoms with van der Waals surface area (Å²) in [6.45, 7) is 5.20. The standard InChI is InChI=1S/C17H23FN4O/c1-20-11-14(10-19-20)12-21-5-7-22(8-6-21)13-17(23)15-3-2-4-16(18)9-15/h2-4,9-11,17,23H,5-8,12-13H2,1H3/t17-/m0/s1. The van der Waals surface area contributed by atoms with Crippen molar-refractivity contribution in [1.82, 2.24) is 19.6 Å². The molecule has 0 amide bonds. The lowest BCUT2D eigenvalue weighted by Crippen LogP contribution is -2.47. The highest BCUT2D eigenvalue weighted by molar-refractivity contribution is 5.19. The Kier molecular flexibility index (Phi) is 5.05. The molecule has 1 fully saturated rings. The number of aryl methyl sites for hydroxylation is 1. The van der Waals surface area contributed by atoms with E-state index >= 15 is 0 Å². The lowest BCUT2D eigenvalue weighted by atomic mass is 10.1. The third-order valence-corrected chi connectivity index (χ3v) is 4.29. The van der Waals surface area contributed by atoms with E-state index in [1.165, 1.54) is 17.7 Å². The fraction of sp³-hybridized carbons (Fsp3) is 0.471. The van der Waals surface area contributed by atoms with Crippen LogP contribution in [0.1, 0.15) is 17.2 Å². The van der Waals surface area contributed by atoms with Crippen molar-refractivity contribution in [2.24, 2.45) is 7.05 Å². The molecule has 1 atom stereocenters. The number of hydrogen-bond donors (Lipinski definition) is 1. The molecule has 23 heavy (non-hydrogen) atoms. The number of benzene rings is 1. The second kappa shape index (κ2) is 7.21. The molecule has 1 saturated heterocycles. The van der Waals surface area contributed by atoms with Crippen LogP contribution >= 0.6 is 0 Å². The zero-order chi connectivity index (χ0) is 16.2. The van der Waals surface area contributed by atoms with Crippen LogP contribution in [0.15, 0.2) is 36.7 Å². The van der Waals surface area contributed by atoms with E-state index in [4.69, 9.17) is 0 Å². The van der Waals surface area contributed by atoms with Gasteiger partial charge in [0.1, 0.15) is 5.82 Å². The van der Waals surface area contributed by atoms with Gasteiger partial charge >= 0.3 is 0 Å². The third kappa shape index (κ3) is 4.37. The predicted molar refractivity (Wildman–Crippen MR) is 86.3 cm³/mol. The van der Waals surface area contributed by atoms with Crippen LogP contribution in [0, 0.1) is 5.82 Å². The Hall–Kier alpha value is -1.76. The van der Waals surface area contributed by atoms with Gasteiger partial charge in [-0.25, -0.2) is 4.39 Å². The smallest absolute Gasteiger partial charge is 0.123 e. The van der Waals surface area contributed by atoms with Crippen molar-refractivity contribution in [2.45, 2.75) is 12.6 Å². The number of aliphatic hydroxyl groups is 1. The Balaban J connectivity index is 1.47. The third-order valence-electron chi connectivity index (χ3n) is 4.29. The molecule has 0 aliphatic carbocycles. The summed E-state index contributed by atoms with van der Waals surface area (Å²) in [4.78, 5) is 4.62. The Morgan fingerprint density at radius 2 is 1.96 bits per heavy atom. The van der Waals surface area contributed by atoms with E-state index in [0.717, 1.165) is 32.7 Å². The molecule has 1 aromatic carbocycles. The molecule has 1 aliphatic rings. The van der Waals surface area contributed by atoms with Crippen molar-refractivity contribution in [1.29, 1.82) is 0 Å². The largest absolute Gasteiger partial charge is 0.387 e. The number of β-amino-alcohol motifs (C(OH)–C–C–N with tert-alkyl or cyclic N) is 1. The molecule has 6 heteroatoms. The van der Waals surface area contributed by atoms with Gasteiger partial charge in [-0.15, -0.1) is 0 Å². The maximum atomic E-state index is 13.2. The van der Waals surface area contributed by atoms with E-state index in [9.17, 15) is 9.50 Å². The van der Waals surface area contributed by atoms with Crippen LogP contribution in [-0.2, 0) is 13.6 Å². The van der Waals surface area contributed by atoms with Gasteiger partial charge in [0.25, 0.3) is 0 Å². The van der Waals surface area contributed by atoms with Crippen LogP contribution in [0.2, 0.25) is 0 Å². The van der Waals surface area contributed by atoms with E-state index in [1.807, 2.05) is 24.1 Å². The number of aromatic nitrogens is 2. The molecule has 1 N–H and O–H groups in total. The monoisotopic (exact) mass is 318 g/mol. The summed E-state index contributed by atoms with van der Waals surface area (Å²) in [5, 5.41) is 14.5. The Morgan fingerprint density at radius 3 is 2.61 bits per heavy atom. The maximum Gasteiger partial charge on any atom is 0.123 e. The summed E-state index contributed by atoms with van der Waals surface area (Å²) in [6.07, 6.45) is 3.30. The van der Waals surface area contributed by atoms with Crippen molar-refractivity contribution in [3.63, 3.8) is 0 Å². The maximum absolute atomic E-state index is 13.2. The molecular weight excluding hydrogens is 295 g/mol. The SMILES string of the molecule is Cn1cc(CN2CCN(C[C@H](O)c3cccc(F)c3)CC2)cn1. The van der Waals surface area contributed by atoms with E-state index in [1.54, 1.807) is 12.1 Å². The Morgan fingerprint density at radius 1 is 1.22 bits per heavy atom. The van der Waals surface area contributed by atoms with Crippen LogP contribution in [0.25, 0.3) is 0 Å².